The quantitative estimate of drug-likeness (QED) is 0.742. The number of nitrogens with zero attached hydrogens (tertiary/aromatic N) is 3. The van der Waals surface area contributed by atoms with Crippen LogP contribution in [0.2, 0.25) is 0 Å². The van der Waals surface area contributed by atoms with Crippen LogP contribution in [-0.4, -0.2) is 54.9 Å². The first-order valence-electron chi connectivity index (χ1n) is 9.38. The van der Waals surface area contributed by atoms with Gasteiger partial charge in [-0.25, -0.2) is 13.4 Å². The third kappa shape index (κ3) is 4.55. The molecular formula is C19H25N3O4S. The highest BCUT2D eigenvalue weighted by atomic mass is 32.2. The van der Waals surface area contributed by atoms with E-state index in [1.807, 2.05) is 25.1 Å². The van der Waals surface area contributed by atoms with Crippen molar-refractivity contribution in [1.82, 2.24) is 4.90 Å². The van der Waals surface area contributed by atoms with Crippen molar-refractivity contribution in [3.63, 3.8) is 0 Å². The maximum atomic E-state index is 13.1. The van der Waals surface area contributed by atoms with E-state index in [2.05, 4.69) is 5.10 Å². The summed E-state index contributed by atoms with van der Waals surface area (Å²) in [6.45, 7) is 2.54. The first kappa shape index (κ1) is 19.5. The number of hydrogen-bond donors (Lipinski definition) is 0. The number of hydrazone groups is 1. The van der Waals surface area contributed by atoms with Crippen LogP contribution in [0, 0.1) is 0 Å². The number of carbonyl (C=O) groups excluding carboxylic acids is 2. The third-order valence-electron chi connectivity index (χ3n) is 4.94. The summed E-state index contributed by atoms with van der Waals surface area (Å²) < 4.78 is 23.8. The molecule has 2 aliphatic rings. The van der Waals surface area contributed by atoms with Gasteiger partial charge in [0.2, 0.25) is 5.91 Å². The lowest BCUT2D eigenvalue weighted by molar-refractivity contribution is -0.126. The van der Waals surface area contributed by atoms with Crippen molar-refractivity contribution in [2.45, 2.75) is 45.1 Å². The van der Waals surface area contributed by atoms with Gasteiger partial charge in [-0.15, -0.1) is 0 Å². The number of para-hydroxylation sites is 1. The zero-order valence-electron chi connectivity index (χ0n) is 15.5. The van der Waals surface area contributed by atoms with Crippen molar-refractivity contribution < 1.29 is 18.0 Å². The van der Waals surface area contributed by atoms with Gasteiger partial charge in [0.15, 0.2) is 9.84 Å². The van der Waals surface area contributed by atoms with Gasteiger partial charge in [0.05, 0.1) is 17.2 Å². The van der Waals surface area contributed by atoms with Crippen LogP contribution in [0.3, 0.4) is 0 Å². The minimum atomic E-state index is -3.09. The van der Waals surface area contributed by atoms with E-state index in [0.29, 0.717) is 24.4 Å². The fourth-order valence-corrected chi connectivity index (χ4v) is 5.17. The topological polar surface area (TPSA) is 87.1 Å². The van der Waals surface area contributed by atoms with E-state index >= 15 is 0 Å². The molecule has 1 aromatic rings. The SMILES string of the molecule is CCCCN(C(=O)C1=NN(c2ccccc2)C(=O)CC1)[C@H]1CCS(=O)(=O)C1. The van der Waals surface area contributed by atoms with Crippen LogP contribution in [0.4, 0.5) is 5.69 Å². The summed E-state index contributed by atoms with van der Waals surface area (Å²) in [7, 11) is -3.09. The molecule has 1 saturated heterocycles. The maximum Gasteiger partial charge on any atom is 0.270 e. The van der Waals surface area contributed by atoms with Gasteiger partial charge in [-0.2, -0.15) is 5.10 Å². The second-order valence-electron chi connectivity index (χ2n) is 7.00. The molecule has 0 bridgehead atoms. The lowest BCUT2D eigenvalue weighted by Gasteiger charge is -2.31. The molecule has 7 nitrogen and oxygen atoms in total. The predicted octanol–water partition coefficient (Wildman–Crippen LogP) is 1.99. The highest BCUT2D eigenvalue weighted by Crippen LogP contribution is 2.23. The predicted molar refractivity (Wildman–Crippen MR) is 104 cm³/mol. The molecule has 0 unspecified atom stereocenters. The molecule has 0 N–H and O–H groups in total. The Morgan fingerprint density at radius 3 is 2.63 bits per heavy atom. The fraction of sp³-hybridized carbons (Fsp3) is 0.526. The summed E-state index contributed by atoms with van der Waals surface area (Å²) in [5.41, 5.74) is 0.940. The Bertz CT molecular complexity index is 836. The molecule has 0 aliphatic carbocycles. The highest BCUT2D eigenvalue weighted by Gasteiger charge is 2.37. The van der Waals surface area contributed by atoms with Crippen LogP contribution in [0.5, 0.6) is 0 Å². The van der Waals surface area contributed by atoms with Gasteiger partial charge in [-0.1, -0.05) is 31.5 Å². The van der Waals surface area contributed by atoms with Crippen LogP contribution in [0.1, 0.15) is 39.0 Å². The summed E-state index contributed by atoms with van der Waals surface area (Å²) in [6, 6.07) is 8.71. The number of unbranched alkanes of at least 4 members (excludes halogenated alkanes) is 1. The van der Waals surface area contributed by atoms with E-state index in [4.69, 9.17) is 0 Å². The summed E-state index contributed by atoms with van der Waals surface area (Å²) in [5.74, 6) is -0.272. The first-order valence-corrected chi connectivity index (χ1v) is 11.2. The minimum absolute atomic E-state index is 0.0110. The lowest BCUT2D eigenvalue weighted by atomic mass is 10.1. The minimum Gasteiger partial charge on any atom is -0.334 e. The fourth-order valence-electron chi connectivity index (χ4n) is 3.44. The van der Waals surface area contributed by atoms with Crippen LogP contribution < -0.4 is 5.01 Å². The smallest absolute Gasteiger partial charge is 0.270 e. The molecule has 0 aromatic heterocycles. The van der Waals surface area contributed by atoms with Gasteiger partial charge >= 0.3 is 0 Å². The molecule has 1 fully saturated rings. The Balaban J connectivity index is 1.85. The van der Waals surface area contributed by atoms with Crippen LogP contribution in [-0.2, 0) is 19.4 Å². The van der Waals surface area contributed by atoms with Gasteiger partial charge in [-0.05, 0) is 25.0 Å². The van der Waals surface area contributed by atoms with Crippen LogP contribution >= 0.6 is 0 Å². The Labute approximate surface area is 159 Å². The summed E-state index contributed by atoms with van der Waals surface area (Å²) >= 11 is 0. The van der Waals surface area contributed by atoms with Gasteiger partial charge in [-0.3, -0.25) is 9.59 Å². The number of anilines is 1. The zero-order chi connectivity index (χ0) is 19.4. The molecule has 1 aromatic carbocycles. The number of sulfone groups is 1. The van der Waals surface area contributed by atoms with E-state index in [1.165, 1.54) is 5.01 Å². The molecule has 2 amide bonds. The van der Waals surface area contributed by atoms with E-state index in [-0.39, 0.29) is 42.2 Å². The van der Waals surface area contributed by atoms with E-state index < -0.39 is 9.84 Å². The Hall–Kier alpha value is -2.22. The van der Waals surface area contributed by atoms with E-state index in [1.54, 1.807) is 17.0 Å². The average molecular weight is 391 g/mol. The molecule has 8 heteroatoms. The van der Waals surface area contributed by atoms with Gasteiger partial charge in [0, 0.05) is 25.4 Å². The lowest BCUT2D eigenvalue weighted by Crippen LogP contribution is -2.47. The third-order valence-corrected chi connectivity index (χ3v) is 6.69. The van der Waals surface area contributed by atoms with E-state index in [9.17, 15) is 18.0 Å². The van der Waals surface area contributed by atoms with Crippen molar-refractivity contribution in [2.75, 3.05) is 23.1 Å². The molecule has 0 saturated carbocycles. The summed E-state index contributed by atoms with van der Waals surface area (Å²) in [5, 5.41) is 5.61. The molecule has 146 valence electrons. The second-order valence-corrected chi connectivity index (χ2v) is 9.23. The number of benzene rings is 1. The summed E-state index contributed by atoms with van der Waals surface area (Å²) in [4.78, 5) is 27.1. The number of carbonyl (C=O) groups is 2. The number of hydrogen-bond acceptors (Lipinski definition) is 5. The van der Waals surface area contributed by atoms with Gasteiger partial charge in [0.1, 0.15) is 5.71 Å². The molecule has 0 spiro atoms. The van der Waals surface area contributed by atoms with Gasteiger partial charge < -0.3 is 4.90 Å². The average Bonchev–Trinajstić information content (AvgIpc) is 3.02. The van der Waals surface area contributed by atoms with Crippen molar-refractivity contribution in [3.8, 4) is 0 Å². The van der Waals surface area contributed by atoms with Crippen molar-refractivity contribution in [3.05, 3.63) is 30.3 Å². The number of rotatable bonds is 6. The van der Waals surface area contributed by atoms with Crippen molar-refractivity contribution in [2.24, 2.45) is 5.10 Å². The monoisotopic (exact) mass is 391 g/mol. The van der Waals surface area contributed by atoms with Gasteiger partial charge in [0.25, 0.3) is 5.91 Å². The van der Waals surface area contributed by atoms with E-state index in [0.717, 1.165) is 12.8 Å². The maximum absolute atomic E-state index is 13.1. The molecular weight excluding hydrogens is 366 g/mol. The summed E-state index contributed by atoms with van der Waals surface area (Å²) in [6.07, 6.45) is 2.67. The van der Waals surface area contributed by atoms with Crippen LogP contribution in [0.15, 0.2) is 35.4 Å². The normalized spacial score (nSPS) is 21.8. The van der Waals surface area contributed by atoms with Crippen LogP contribution in [0.25, 0.3) is 0 Å². The molecule has 3 rings (SSSR count). The second kappa shape index (κ2) is 8.21. The standard InChI is InChI=1S/C19H25N3O4S/c1-2-3-12-21(16-11-13-27(25,26)14-16)19(24)17-9-10-18(23)22(20-17)15-7-5-4-6-8-15/h4-8,16H,2-3,9-14H2,1H3/t16-/m0/s1. The molecule has 27 heavy (non-hydrogen) atoms. The number of amides is 2. The Kier molecular flexibility index (Phi) is 5.94. The molecule has 2 aliphatic heterocycles. The molecule has 0 radical (unpaired) electrons. The Morgan fingerprint density at radius 2 is 2.00 bits per heavy atom. The van der Waals surface area contributed by atoms with Crippen molar-refractivity contribution >= 4 is 33.1 Å². The first-order chi connectivity index (χ1) is 12.9. The highest BCUT2D eigenvalue weighted by molar-refractivity contribution is 7.91. The zero-order valence-corrected chi connectivity index (χ0v) is 16.3. The van der Waals surface area contributed by atoms with Crippen molar-refractivity contribution in [1.29, 1.82) is 0 Å². The molecule has 1 atom stereocenters. The Morgan fingerprint density at radius 1 is 1.26 bits per heavy atom. The largest absolute Gasteiger partial charge is 0.334 e. The molecule has 2 heterocycles.